The molecule has 0 bridgehead atoms. The molecule has 1 heteroatoms. The Morgan fingerprint density at radius 1 is 0.762 bits per heavy atom. The van der Waals surface area contributed by atoms with Crippen molar-refractivity contribution >= 4 is 11.6 Å². The zero-order chi connectivity index (χ0) is 14.9. The molecule has 21 heavy (non-hydrogen) atoms. The number of hydrogen-bond acceptors (Lipinski definition) is 0. The Morgan fingerprint density at radius 3 is 1.81 bits per heavy atom. The second-order valence-corrected chi connectivity index (χ2v) is 6.39. The van der Waals surface area contributed by atoms with Crippen LogP contribution in [0.5, 0.6) is 0 Å². The molecule has 0 saturated carbocycles. The van der Waals surface area contributed by atoms with Gasteiger partial charge in [0.15, 0.2) is 0 Å². The Bertz CT molecular complexity index is 492. The minimum absolute atomic E-state index is 0.590. The molecule has 0 fully saturated rings. The van der Waals surface area contributed by atoms with E-state index in [4.69, 9.17) is 11.6 Å². The van der Waals surface area contributed by atoms with Crippen molar-refractivity contribution in [2.45, 2.75) is 32.6 Å². The second-order valence-electron chi connectivity index (χ2n) is 6.08. The molecule has 2 aromatic rings. The zero-order valence-corrected chi connectivity index (χ0v) is 13.6. The number of halogens is 1. The van der Waals surface area contributed by atoms with Crippen molar-refractivity contribution in [2.75, 3.05) is 5.88 Å². The van der Waals surface area contributed by atoms with Crippen LogP contribution in [0.3, 0.4) is 0 Å². The summed E-state index contributed by atoms with van der Waals surface area (Å²) in [6.45, 7) is 2.35. The molecule has 0 aromatic heterocycles. The molecule has 0 radical (unpaired) electrons. The van der Waals surface area contributed by atoms with E-state index in [1.165, 1.54) is 30.4 Å². The van der Waals surface area contributed by atoms with Gasteiger partial charge in [-0.2, -0.15) is 0 Å². The van der Waals surface area contributed by atoms with E-state index in [0.29, 0.717) is 11.8 Å². The summed E-state index contributed by atoms with van der Waals surface area (Å²) in [5, 5.41) is 0. The largest absolute Gasteiger partial charge is 0.126 e. The first-order valence-electron chi connectivity index (χ1n) is 7.91. The van der Waals surface area contributed by atoms with Gasteiger partial charge in [0.2, 0.25) is 0 Å². The van der Waals surface area contributed by atoms with Crippen molar-refractivity contribution in [3.8, 4) is 0 Å². The Hall–Kier alpha value is -1.27. The zero-order valence-electron chi connectivity index (χ0n) is 12.8. The highest BCUT2D eigenvalue weighted by Crippen LogP contribution is 2.21. The maximum absolute atomic E-state index is 6.16. The normalized spacial score (nSPS) is 13.8. The third kappa shape index (κ3) is 5.93. The summed E-state index contributed by atoms with van der Waals surface area (Å²) >= 11 is 6.16. The smallest absolute Gasteiger partial charge is 0.0254 e. The summed E-state index contributed by atoms with van der Waals surface area (Å²) in [5.41, 5.74) is 2.84. The minimum Gasteiger partial charge on any atom is -0.126 e. The molecule has 0 amide bonds. The fraction of sp³-hybridized carbons (Fsp3) is 0.400. The standard InChI is InChI=1S/C20H25Cl/c1-17(14-18-8-4-2-5-9-18)12-13-20(16-21)15-19-10-6-3-7-11-19/h2-11,17,20H,12-16H2,1H3. The van der Waals surface area contributed by atoms with Gasteiger partial charge >= 0.3 is 0 Å². The Kier molecular flexibility index (Phi) is 6.82. The van der Waals surface area contributed by atoms with Crippen molar-refractivity contribution in [3.05, 3.63) is 71.8 Å². The molecule has 2 rings (SSSR count). The van der Waals surface area contributed by atoms with Crippen LogP contribution in [-0.4, -0.2) is 5.88 Å². The first-order chi connectivity index (χ1) is 10.3. The molecule has 0 heterocycles. The van der Waals surface area contributed by atoms with E-state index in [1.54, 1.807) is 0 Å². The predicted molar refractivity (Wildman–Crippen MR) is 92.9 cm³/mol. The second kappa shape index (κ2) is 8.89. The molecule has 0 nitrogen and oxygen atoms in total. The van der Waals surface area contributed by atoms with Crippen LogP contribution in [0.1, 0.15) is 30.9 Å². The van der Waals surface area contributed by atoms with Crippen molar-refractivity contribution in [2.24, 2.45) is 11.8 Å². The Labute approximate surface area is 134 Å². The topological polar surface area (TPSA) is 0 Å². The number of hydrogen-bond donors (Lipinski definition) is 0. The van der Waals surface area contributed by atoms with Gasteiger partial charge in [-0.05, 0) is 42.2 Å². The van der Waals surface area contributed by atoms with Crippen LogP contribution >= 0.6 is 11.6 Å². The summed E-state index contributed by atoms with van der Waals surface area (Å²) in [7, 11) is 0. The monoisotopic (exact) mass is 300 g/mol. The highest BCUT2D eigenvalue weighted by molar-refractivity contribution is 6.18. The quantitative estimate of drug-likeness (QED) is 0.545. The fourth-order valence-electron chi connectivity index (χ4n) is 2.82. The molecule has 0 aliphatic carbocycles. The third-order valence-corrected chi connectivity index (χ3v) is 4.52. The van der Waals surface area contributed by atoms with Gasteiger partial charge in [-0.1, -0.05) is 74.0 Å². The lowest BCUT2D eigenvalue weighted by Crippen LogP contribution is -2.10. The van der Waals surface area contributed by atoms with Crippen LogP contribution in [0, 0.1) is 11.8 Å². The van der Waals surface area contributed by atoms with E-state index in [9.17, 15) is 0 Å². The molecule has 0 spiro atoms. The summed E-state index contributed by atoms with van der Waals surface area (Å²) in [6, 6.07) is 21.5. The summed E-state index contributed by atoms with van der Waals surface area (Å²) in [4.78, 5) is 0. The van der Waals surface area contributed by atoms with Crippen LogP contribution < -0.4 is 0 Å². The molecule has 0 aliphatic rings. The van der Waals surface area contributed by atoms with Gasteiger partial charge in [0.25, 0.3) is 0 Å². The van der Waals surface area contributed by atoms with Crippen LogP contribution in [-0.2, 0) is 12.8 Å². The van der Waals surface area contributed by atoms with Gasteiger partial charge in [-0.3, -0.25) is 0 Å². The summed E-state index contributed by atoms with van der Waals surface area (Å²) in [6.07, 6.45) is 4.73. The maximum Gasteiger partial charge on any atom is 0.0254 e. The number of rotatable bonds is 8. The number of benzene rings is 2. The van der Waals surface area contributed by atoms with Crippen molar-refractivity contribution in [3.63, 3.8) is 0 Å². The van der Waals surface area contributed by atoms with Crippen molar-refractivity contribution < 1.29 is 0 Å². The van der Waals surface area contributed by atoms with Gasteiger partial charge in [0.1, 0.15) is 0 Å². The molecule has 0 N–H and O–H groups in total. The van der Waals surface area contributed by atoms with Crippen LogP contribution in [0.4, 0.5) is 0 Å². The first-order valence-corrected chi connectivity index (χ1v) is 8.45. The van der Waals surface area contributed by atoms with E-state index in [0.717, 1.165) is 12.3 Å². The summed E-state index contributed by atoms with van der Waals surface area (Å²) < 4.78 is 0. The molecule has 0 aliphatic heterocycles. The van der Waals surface area contributed by atoms with E-state index < -0.39 is 0 Å². The molecule has 112 valence electrons. The summed E-state index contributed by atoms with van der Waals surface area (Å²) in [5.74, 6) is 2.06. The van der Waals surface area contributed by atoms with Crippen molar-refractivity contribution in [1.29, 1.82) is 0 Å². The van der Waals surface area contributed by atoms with Crippen LogP contribution in [0.25, 0.3) is 0 Å². The molecular formula is C20H25Cl. The highest BCUT2D eigenvalue weighted by Gasteiger charge is 2.11. The average Bonchev–Trinajstić information content (AvgIpc) is 2.53. The van der Waals surface area contributed by atoms with E-state index in [1.807, 2.05) is 0 Å². The van der Waals surface area contributed by atoms with E-state index >= 15 is 0 Å². The van der Waals surface area contributed by atoms with Gasteiger partial charge in [0.05, 0.1) is 0 Å². The maximum atomic E-state index is 6.16. The lowest BCUT2D eigenvalue weighted by atomic mass is 9.90. The average molecular weight is 301 g/mol. The van der Waals surface area contributed by atoms with E-state index in [2.05, 4.69) is 67.6 Å². The Balaban J connectivity index is 1.77. The SMILES string of the molecule is CC(CCC(CCl)Cc1ccccc1)Cc1ccccc1. The van der Waals surface area contributed by atoms with Crippen LogP contribution in [0.2, 0.25) is 0 Å². The van der Waals surface area contributed by atoms with Gasteiger partial charge in [0, 0.05) is 5.88 Å². The van der Waals surface area contributed by atoms with E-state index in [-0.39, 0.29) is 0 Å². The third-order valence-electron chi connectivity index (χ3n) is 4.08. The van der Waals surface area contributed by atoms with Gasteiger partial charge in [-0.25, -0.2) is 0 Å². The Morgan fingerprint density at radius 2 is 1.29 bits per heavy atom. The first kappa shape index (κ1) is 16.1. The molecule has 2 atom stereocenters. The molecule has 2 aromatic carbocycles. The molecule has 2 unspecified atom stereocenters. The van der Waals surface area contributed by atoms with Gasteiger partial charge < -0.3 is 0 Å². The predicted octanol–water partition coefficient (Wildman–Crippen LogP) is 5.74. The number of alkyl halides is 1. The molecule has 0 saturated heterocycles. The molecular weight excluding hydrogens is 276 g/mol. The van der Waals surface area contributed by atoms with Gasteiger partial charge in [-0.15, -0.1) is 11.6 Å². The highest BCUT2D eigenvalue weighted by atomic mass is 35.5. The minimum atomic E-state index is 0.590. The fourth-order valence-corrected chi connectivity index (χ4v) is 3.08. The van der Waals surface area contributed by atoms with Crippen molar-refractivity contribution in [1.82, 2.24) is 0 Å². The van der Waals surface area contributed by atoms with Crippen LogP contribution in [0.15, 0.2) is 60.7 Å². The lowest BCUT2D eigenvalue weighted by Gasteiger charge is -2.17. The lowest BCUT2D eigenvalue weighted by molar-refractivity contribution is 0.430.